The van der Waals surface area contributed by atoms with E-state index in [0.29, 0.717) is 28.4 Å². The van der Waals surface area contributed by atoms with E-state index >= 15 is 0 Å². The molecular weight excluding hydrogens is 636 g/mol. The van der Waals surface area contributed by atoms with Gasteiger partial charge in [0.05, 0.1) is 31.3 Å². The summed E-state index contributed by atoms with van der Waals surface area (Å²) in [4.78, 5) is 52.6. The Morgan fingerprint density at radius 2 is 1.82 bits per heavy atom. The molecule has 0 radical (unpaired) electrons. The topological polar surface area (TPSA) is 129 Å². The molecule has 0 unspecified atom stereocenters. The van der Waals surface area contributed by atoms with Gasteiger partial charge in [0, 0.05) is 12.0 Å². The lowest BCUT2D eigenvalue weighted by molar-refractivity contribution is -0.156. The molecule has 1 aromatic carbocycles. The molecule has 50 heavy (non-hydrogen) atoms. The van der Waals surface area contributed by atoms with Gasteiger partial charge in [0.25, 0.3) is 0 Å². The van der Waals surface area contributed by atoms with E-state index in [2.05, 4.69) is 30.4 Å². The number of hydrogen-bond donors (Lipinski definition) is 1. The fourth-order valence-corrected chi connectivity index (χ4v) is 6.97. The van der Waals surface area contributed by atoms with E-state index in [-0.39, 0.29) is 37.0 Å². The molecule has 2 heterocycles. The smallest absolute Gasteiger partial charge is 0.408 e. The number of aromatic nitrogens is 2. The van der Waals surface area contributed by atoms with Crippen molar-refractivity contribution in [2.75, 3.05) is 20.3 Å². The highest BCUT2D eigenvalue weighted by Gasteiger charge is 2.51. The van der Waals surface area contributed by atoms with Gasteiger partial charge >= 0.3 is 12.1 Å². The molecule has 2 fully saturated rings. The molecular formula is C39H56N4O7. The number of nitrogens with one attached hydrogen (secondary N) is 1. The van der Waals surface area contributed by atoms with Crippen LogP contribution in [-0.4, -0.2) is 77.4 Å². The number of ether oxygens (including phenoxy) is 4. The van der Waals surface area contributed by atoms with Crippen LogP contribution in [0.15, 0.2) is 37.4 Å². The van der Waals surface area contributed by atoms with Crippen molar-refractivity contribution >= 4 is 35.1 Å². The summed E-state index contributed by atoms with van der Waals surface area (Å²) in [5, 5.41) is 2.89. The number of carbonyl (C=O) groups excluding carboxylic acids is 3. The van der Waals surface area contributed by atoms with Crippen molar-refractivity contribution in [1.82, 2.24) is 20.2 Å². The van der Waals surface area contributed by atoms with Crippen molar-refractivity contribution in [3.05, 3.63) is 43.1 Å². The maximum Gasteiger partial charge on any atom is 0.408 e. The van der Waals surface area contributed by atoms with Crippen LogP contribution in [0.4, 0.5) is 4.79 Å². The molecule has 2 aliphatic rings. The largest absolute Gasteiger partial charge is 0.497 e. The quantitative estimate of drug-likeness (QED) is 0.127. The van der Waals surface area contributed by atoms with Crippen molar-refractivity contribution < 1.29 is 33.3 Å². The molecule has 0 bridgehead atoms. The van der Waals surface area contributed by atoms with Gasteiger partial charge in [-0.15, -0.1) is 6.58 Å². The first-order valence-electron chi connectivity index (χ1n) is 17.9. The first-order valence-corrected chi connectivity index (χ1v) is 17.9. The van der Waals surface area contributed by atoms with Crippen LogP contribution in [0.2, 0.25) is 0 Å². The number of methoxy groups -OCH3 is 1. The Kier molecular flexibility index (Phi) is 12.9. The average Bonchev–Trinajstić information content (AvgIpc) is 3.58. The zero-order chi connectivity index (χ0) is 36.7. The normalized spacial score (nSPS) is 24.1. The van der Waals surface area contributed by atoms with Crippen LogP contribution < -0.4 is 14.8 Å². The second-order valence-corrected chi connectivity index (χ2v) is 15.3. The number of esters is 1. The Morgan fingerprint density at radius 1 is 1.08 bits per heavy atom. The fraction of sp³-hybridized carbons (Fsp3) is 0.615. The van der Waals surface area contributed by atoms with E-state index in [4.69, 9.17) is 23.9 Å². The third-order valence-electron chi connectivity index (χ3n) is 9.90. The molecule has 2 aromatic rings. The lowest BCUT2D eigenvalue weighted by atomic mass is 9.85. The summed E-state index contributed by atoms with van der Waals surface area (Å²) in [6.45, 7) is 21.6. The third-order valence-corrected chi connectivity index (χ3v) is 9.90. The number of hydrogen-bond acceptors (Lipinski definition) is 9. The van der Waals surface area contributed by atoms with Crippen LogP contribution in [0, 0.1) is 29.1 Å². The number of rotatable bonds is 14. The highest BCUT2D eigenvalue weighted by atomic mass is 16.6. The van der Waals surface area contributed by atoms with Gasteiger partial charge in [-0.1, -0.05) is 61.1 Å². The van der Waals surface area contributed by atoms with E-state index in [1.807, 2.05) is 47.6 Å². The third kappa shape index (κ3) is 9.14. The molecule has 4 rings (SSSR count). The van der Waals surface area contributed by atoms with E-state index in [1.54, 1.807) is 31.4 Å². The van der Waals surface area contributed by atoms with Crippen molar-refractivity contribution in [2.24, 2.45) is 29.1 Å². The van der Waals surface area contributed by atoms with E-state index in [1.165, 1.54) is 4.90 Å². The van der Waals surface area contributed by atoms with Gasteiger partial charge in [0.1, 0.15) is 35.7 Å². The number of likely N-dealkylation sites (tertiary alicyclic amines) is 1. The van der Waals surface area contributed by atoms with Crippen LogP contribution >= 0.6 is 0 Å². The highest BCUT2D eigenvalue weighted by molar-refractivity contribution is 5.91. The van der Waals surface area contributed by atoms with Crippen molar-refractivity contribution in [3.63, 3.8) is 0 Å². The fourth-order valence-electron chi connectivity index (χ4n) is 6.97. The Labute approximate surface area is 297 Å². The summed E-state index contributed by atoms with van der Waals surface area (Å²) in [6.07, 6.45) is 6.58. The van der Waals surface area contributed by atoms with Crippen molar-refractivity contribution in [2.45, 2.75) is 105 Å². The number of nitrogens with zero attached hydrogens (tertiary/aromatic N) is 3. The molecule has 274 valence electrons. The zero-order valence-electron chi connectivity index (χ0n) is 31.1. The number of carbonyl (C=O) groups is 3. The molecule has 1 N–H and O–H groups in total. The summed E-state index contributed by atoms with van der Waals surface area (Å²) in [5.41, 5.74) is 0.919. The van der Waals surface area contributed by atoms with Crippen LogP contribution in [-0.2, 0) is 19.1 Å². The number of fused-ring (bicyclic) bond motifs is 1. The van der Waals surface area contributed by atoms with Crippen molar-refractivity contribution in [1.29, 1.82) is 0 Å². The number of benzene rings is 1. The molecule has 11 nitrogen and oxygen atoms in total. The van der Waals surface area contributed by atoms with Crippen LogP contribution in [0.1, 0.15) is 86.3 Å². The van der Waals surface area contributed by atoms with E-state index < -0.39 is 47.5 Å². The standard InChI is InChI=1S/C39H56N4O7/c1-11-13-14-15-27-24(5)16-19-31(27)50-38(46)42-34(39(7,8)9)36(44)43-21-32(25(6)33(43)37(45)48-22-23(3)4)49-35-28(12-2)40-29-18-17-26(47-10)20-30(29)41-35/h11-12,17-18,20,23-25,27,31-34H,1-2,13-16,19,21-22H2,3-10H3,(H,42,46)/t24-,25+,27+,31+,32-,33-,34+/m0/s1. The molecule has 2 amide bonds. The number of alkyl carbamates (subject to hydrolysis) is 1. The molecule has 1 saturated carbocycles. The average molecular weight is 693 g/mol. The van der Waals surface area contributed by atoms with Gasteiger partial charge in [-0.05, 0) is 73.5 Å². The van der Waals surface area contributed by atoms with Gasteiger partial charge < -0.3 is 29.2 Å². The van der Waals surface area contributed by atoms with Crippen LogP contribution in [0.25, 0.3) is 17.1 Å². The predicted octanol–water partition coefficient (Wildman–Crippen LogP) is 6.99. The van der Waals surface area contributed by atoms with Gasteiger partial charge in [-0.2, -0.15) is 0 Å². The Morgan fingerprint density at radius 3 is 2.46 bits per heavy atom. The second kappa shape index (κ2) is 16.7. The van der Waals surface area contributed by atoms with Gasteiger partial charge in [0.15, 0.2) is 0 Å². The zero-order valence-corrected chi connectivity index (χ0v) is 31.1. The van der Waals surface area contributed by atoms with Crippen molar-refractivity contribution in [3.8, 4) is 11.6 Å². The molecule has 1 aliphatic carbocycles. The van der Waals surface area contributed by atoms with Gasteiger partial charge in [-0.25, -0.2) is 19.6 Å². The van der Waals surface area contributed by atoms with E-state index in [9.17, 15) is 14.4 Å². The number of amides is 2. The molecule has 1 saturated heterocycles. The van der Waals surface area contributed by atoms with E-state index in [0.717, 1.165) is 32.1 Å². The predicted molar refractivity (Wildman–Crippen MR) is 194 cm³/mol. The minimum Gasteiger partial charge on any atom is -0.497 e. The lowest BCUT2D eigenvalue weighted by Gasteiger charge is -2.35. The molecule has 0 spiro atoms. The van der Waals surface area contributed by atoms with Gasteiger partial charge in [-0.3, -0.25) is 4.79 Å². The monoisotopic (exact) mass is 692 g/mol. The van der Waals surface area contributed by atoms with Gasteiger partial charge in [0.2, 0.25) is 11.8 Å². The molecule has 1 aromatic heterocycles. The minimum atomic E-state index is -0.990. The highest BCUT2D eigenvalue weighted by Crippen LogP contribution is 2.38. The Balaban J connectivity index is 1.60. The number of allylic oxidation sites excluding steroid dienone is 1. The maximum absolute atomic E-state index is 14.5. The lowest BCUT2D eigenvalue weighted by Crippen LogP contribution is -2.57. The second-order valence-electron chi connectivity index (χ2n) is 15.3. The summed E-state index contributed by atoms with van der Waals surface area (Å²) in [5.74, 6) is 0.209. The summed E-state index contributed by atoms with van der Waals surface area (Å²) in [7, 11) is 1.57. The first-order chi connectivity index (χ1) is 23.7. The summed E-state index contributed by atoms with van der Waals surface area (Å²) < 4.78 is 23.5. The Hall–Kier alpha value is -4.15. The molecule has 7 atom stereocenters. The number of unbranched alkanes of at least 4 members (excludes halogenated alkanes) is 1. The maximum atomic E-state index is 14.5. The Bertz CT molecular complexity index is 1540. The molecule has 1 aliphatic heterocycles. The van der Waals surface area contributed by atoms with Crippen LogP contribution in [0.3, 0.4) is 0 Å². The first kappa shape index (κ1) is 38.6. The molecule has 11 heteroatoms. The summed E-state index contributed by atoms with van der Waals surface area (Å²) >= 11 is 0. The SMILES string of the molecule is C=CCCC[C@@H]1[C@@H](C)CC[C@H]1OC(=O)N[C@H](C(=O)N1C[C@H](Oc2nc3cc(OC)ccc3nc2C=C)[C@@H](C)[C@H]1C(=O)OCC(C)C)C(C)(C)C. The van der Waals surface area contributed by atoms with Crippen LogP contribution in [0.5, 0.6) is 11.6 Å². The summed E-state index contributed by atoms with van der Waals surface area (Å²) in [6, 6.07) is 3.41. The minimum absolute atomic E-state index is 0.0602.